The SMILES string of the molecule is Fc1ccc([B-](F)(F)F)c(OC2CCOCC2)c1. The van der Waals surface area contributed by atoms with Crippen LogP contribution in [0, 0.1) is 5.82 Å². The van der Waals surface area contributed by atoms with Crippen LogP contribution in [0.3, 0.4) is 0 Å². The second kappa shape index (κ2) is 5.18. The third-order valence-corrected chi connectivity index (χ3v) is 2.79. The molecule has 0 bridgehead atoms. The highest BCUT2D eigenvalue weighted by Crippen LogP contribution is 2.22. The van der Waals surface area contributed by atoms with E-state index < -0.39 is 24.0 Å². The third-order valence-electron chi connectivity index (χ3n) is 2.79. The molecular weight excluding hydrogens is 251 g/mol. The largest absolute Gasteiger partial charge is 0.513 e. The van der Waals surface area contributed by atoms with Crippen molar-refractivity contribution in [2.24, 2.45) is 0 Å². The second-order valence-electron chi connectivity index (χ2n) is 4.19. The Morgan fingerprint density at radius 2 is 1.83 bits per heavy atom. The predicted octanol–water partition coefficient (Wildman–Crippen LogP) is 2.44. The Morgan fingerprint density at radius 3 is 2.44 bits per heavy atom. The molecule has 1 heterocycles. The van der Waals surface area contributed by atoms with Gasteiger partial charge in [-0.25, -0.2) is 4.39 Å². The van der Waals surface area contributed by atoms with Crippen molar-refractivity contribution in [3.05, 3.63) is 24.0 Å². The predicted molar refractivity (Wildman–Crippen MR) is 59.6 cm³/mol. The van der Waals surface area contributed by atoms with Gasteiger partial charge < -0.3 is 22.4 Å². The van der Waals surface area contributed by atoms with Gasteiger partial charge in [0.25, 0.3) is 0 Å². The van der Waals surface area contributed by atoms with Crippen LogP contribution in [0.2, 0.25) is 0 Å². The van der Waals surface area contributed by atoms with Gasteiger partial charge in [-0.3, -0.25) is 0 Å². The molecule has 2 rings (SSSR count). The monoisotopic (exact) mass is 263 g/mol. The second-order valence-corrected chi connectivity index (χ2v) is 4.19. The van der Waals surface area contributed by atoms with Gasteiger partial charge in [0.1, 0.15) is 11.9 Å². The molecule has 0 spiro atoms. The Hall–Kier alpha value is -1.24. The molecule has 1 aromatic rings. The maximum Gasteiger partial charge on any atom is 0.513 e. The lowest BCUT2D eigenvalue weighted by molar-refractivity contribution is 0.0258. The third kappa shape index (κ3) is 3.16. The molecule has 1 aromatic carbocycles. The molecule has 0 aliphatic carbocycles. The van der Waals surface area contributed by atoms with Crippen LogP contribution in [0.4, 0.5) is 17.3 Å². The molecule has 7 heteroatoms. The van der Waals surface area contributed by atoms with Crippen molar-refractivity contribution in [3.8, 4) is 5.75 Å². The molecule has 2 nitrogen and oxygen atoms in total. The Morgan fingerprint density at radius 1 is 1.17 bits per heavy atom. The molecule has 0 N–H and O–H groups in total. The molecule has 1 aliphatic rings. The lowest BCUT2D eigenvalue weighted by atomic mass is 9.79. The summed E-state index contributed by atoms with van der Waals surface area (Å²) in [4.78, 5) is 0. The smallest absolute Gasteiger partial charge is 0.493 e. The number of halogens is 4. The zero-order valence-electron chi connectivity index (χ0n) is 9.54. The fourth-order valence-corrected chi connectivity index (χ4v) is 1.85. The lowest BCUT2D eigenvalue weighted by Crippen LogP contribution is -2.37. The minimum Gasteiger partial charge on any atom is -0.493 e. The highest BCUT2D eigenvalue weighted by Gasteiger charge is 2.30. The van der Waals surface area contributed by atoms with E-state index in [1.165, 1.54) is 0 Å². The normalized spacial score (nSPS) is 17.8. The van der Waals surface area contributed by atoms with Crippen LogP contribution < -0.4 is 10.2 Å². The molecule has 0 aromatic heterocycles. The summed E-state index contributed by atoms with van der Waals surface area (Å²) >= 11 is 0. The quantitative estimate of drug-likeness (QED) is 0.616. The first-order chi connectivity index (χ1) is 8.47. The Balaban J connectivity index is 2.21. The average Bonchev–Trinajstić information content (AvgIpc) is 2.28. The Labute approximate surface area is 102 Å². The van der Waals surface area contributed by atoms with E-state index in [1.54, 1.807) is 0 Å². The summed E-state index contributed by atoms with van der Waals surface area (Å²) in [6, 6.07) is 2.31. The summed E-state index contributed by atoms with van der Waals surface area (Å²) in [5, 5.41) is 0. The minimum absolute atomic E-state index is 0.350. The van der Waals surface area contributed by atoms with Gasteiger partial charge in [0.15, 0.2) is 0 Å². The first-order valence-corrected chi connectivity index (χ1v) is 5.70. The molecule has 1 fully saturated rings. The van der Waals surface area contributed by atoms with Crippen LogP contribution in [0.5, 0.6) is 5.75 Å². The van der Waals surface area contributed by atoms with Gasteiger partial charge >= 0.3 is 6.98 Å². The Kier molecular flexibility index (Phi) is 3.80. The van der Waals surface area contributed by atoms with E-state index >= 15 is 0 Å². The van der Waals surface area contributed by atoms with Crippen molar-refractivity contribution in [1.82, 2.24) is 0 Å². The zero-order valence-corrected chi connectivity index (χ0v) is 9.54. The fraction of sp³-hybridized carbons (Fsp3) is 0.455. The first kappa shape index (κ1) is 13.2. The average molecular weight is 263 g/mol. The fourth-order valence-electron chi connectivity index (χ4n) is 1.85. The van der Waals surface area contributed by atoms with Gasteiger partial charge in [0.05, 0.1) is 19.0 Å². The highest BCUT2D eigenvalue weighted by atomic mass is 19.4. The summed E-state index contributed by atoms with van der Waals surface area (Å²) in [5.74, 6) is -1.16. The first-order valence-electron chi connectivity index (χ1n) is 5.70. The molecule has 0 unspecified atom stereocenters. The van der Waals surface area contributed by atoms with E-state index in [0.717, 1.165) is 18.2 Å². The highest BCUT2D eigenvalue weighted by molar-refractivity contribution is 6.74. The minimum atomic E-state index is -5.20. The number of rotatable bonds is 3. The summed E-state index contributed by atoms with van der Waals surface area (Å²) in [5.41, 5.74) is -0.886. The summed E-state index contributed by atoms with van der Waals surface area (Å²) < 4.78 is 61.7. The van der Waals surface area contributed by atoms with Crippen LogP contribution in [0.15, 0.2) is 18.2 Å². The molecule has 0 amide bonds. The van der Waals surface area contributed by atoms with Crippen LogP contribution in [-0.4, -0.2) is 26.3 Å². The number of benzene rings is 1. The van der Waals surface area contributed by atoms with E-state index in [2.05, 4.69) is 0 Å². The van der Waals surface area contributed by atoms with Crippen LogP contribution in [-0.2, 0) is 4.74 Å². The van der Waals surface area contributed by atoms with Crippen molar-refractivity contribution < 1.29 is 26.8 Å². The van der Waals surface area contributed by atoms with E-state index in [1.807, 2.05) is 0 Å². The van der Waals surface area contributed by atoms with Gasteiger partial charge in [-0.05, 0) is 6.07 Å². The standard InChI is InChI=1S/C11H12BF4O2/c13-8-1-2-10(12(14,15)16)11(7-8)18-9-3-5-17-6-4-9/h1-2,7,9H,3-6H2/q-1. The maximum absolute atomic E-state index is 13.0. The number of hydrogen-bond donors (Lipinski definition) is 0. The summed E-state index contributed by atoms with van der Waals surface area (Å²) in [6.07, 6.45) is 0.680. The van der Waals surface area contributed by atoms with Gasteiger partial charge in [0.2, 0.25) is 0 Å². The summed E-state index contributed by atoms with van der Waals surface area (Å²) in [6.45, 7) is -4.30. The maximum atomic E-state index is 13.0. The number of ether oxygens (including phenoxy) is 2. The zero-order chi connectivity index (χ0) is 13.2. The van der Waals surface area contributed by atoms with E-state index in [4.69, 9.17) is 9.47 Å². The van der Waals surface area contributed by atoms with Crippen LogP contribution >= 0.6 is 0 Å². The van der Waals surface area contributed by atoms with Crippen LogP contribution in [0.25, 0.3) is 0 Å². The van der Waals surface area contributed by atoms with Gasteiger partial charge in [-0.15, -0.1) is 0 Å². The van der Waals surface area contributed by atoms with Crippen molar-refractivity contribution in [3.63, 3.8) is 0 Å². The molecule has 0 radical (unpaired) electrons. The van der Waals surface area contributed by atoms with Gasteiger partial charge in [-0.2, -0.15) is 0 Å². The van der Waals surface area contributed by atoms with Gasteiger partial charge in [-0.1, -0.05) is 11.5 Å². The lowest BCUT2D eigenvalue weighted by Gasteiger charge is -2.27. The van der Waals surface area contributed by atoms with Gasteiger partial charge in [0, 0.05) is 18.9 Å². The molecule has 100 valence electrons. The molecule has 1 aliphatic heterocycles. The molecular formula is C11H12BF4O2-. The van der Waals surface area contributed by atoms with Crippen molar-refractivity contribution in [2.45, 2.75) is 18.9 Å². The molecule has 0 atom stereocenters. The topological polar surface area (TPSA) is 18.5 Å². The van der Waals surface area contributed by atoms with Crippen LogP contribution in [0.1, 0.15) is 12.8 Å². The van der Waals surface area contributed by atoms with Crippen molar-refractivity contribution >= 4 is 12.4 Å². The van der Waals surface area contributed by atoms with Crippen molar-refractivity contribution in [1.29, 1.82) is 0 Å². The Bertz CT molecular complexity index is 416. The van der Waals surface area contributed by atoms with Crippen molar-refractivity contribution in [2.75, 3.05) is 13.2 Å². The number of hydrogen-bond acceptors (Lipinski definition) is 2. The van der Waals surface area contributed by atoms with E-state index in [9.17, 15) is 17.3 Å². The molecule has 18 heavy (non-hydrogen) atoms. The summed E-state index contributed by atoms with van der Waals surface area (Å²) in [7, 11) is 0. The molecule has 0 saturated carbocycles. The molecule has 1 saturated heterocycles. The van der Waals surface area contributed by atoms with E-state index in [-0.39, 0.29) is 6.10 Å². The van der Waals surface area contributed by atoms with E-state index in [0.29, 0.717) is 26.1 Å².